The van der Waals surface area contributed by atoms with Gasteiger partial charge in [0, 0.05) is 12.7 Å². The minimum Gasteiger partial charge on any atom is -0.369 e. The van der Waals surface area contributed by atoms with E-state index in [2.05, 4.69) is 17.1 Å². The molecule has 1 radical (unpaired) electrons. The van der Waals surface area contributed by atoms with Gasteiger partial charge in [0.2, 0.25) is 0 Å². The van der Waals surface area contributed by atoms with E-state index in [0.717, 1.165) is 6.54 Å². The summed E-state index contributed by atoms with van der Waals surface area (Å²) in [5.41, 5.74) is 6.94. The maximum absolute atomic E-state index is 5.72. The van der Waals surface area contributed by atoms with Gasteiger partial charge in [-0.3, -0.25) is 0 Å². The van der Waals surface area contributed by atoms with Crippen LogP contribution < -0.4 is 5.73 Å². The summed E-state index contributed by atoms with van der Waals surface area (Å²) in [4.78, 5) is 5.93. The van der Waals surface area contributed by atoms with Gasteiger partial charge >= 0.3 is 0 Å². The van der Waals surface area contributed by atoms with Gasteiger partial charge in [-0.1, -0.05) is 30.3 Å². The quantitative estimate of drug-likeness (QED) is 0.760. The molecule has 1 aromatic rings. The zero-order chi connectivity index (χ0) is 9.80. The largest absolute Gasteiger partial charge is 0.369 e. The SMILES string of the molecule is NC1=NC=C[CH]N1Cc1ccccc1. The van der Waals surface area contributed by atoms with Gasteiger partial charge < -0.3 is 10.6 Å². The number of hydrogen-bond donors (Lipinski definition) is 1. The highest BCUT2D eigenvalue weighted by atomic mass is 15.3. The van der Waals surface area contributed by atoms with E-state index in [4.69, 9.17) is 5.73 Å². The molecule has 1 heterocycles. The molecule has 2 rings (SSSR count). The van der Waals surface area contributed by atoms with Crippen molar-refractivity contribution in [2.45, 2.75) is 6.54 Å². The number of nitrogens with two attached hydrogens (primary N) is 1. The van der Waals surface area contributed by atoms with Crippen LogP contribution >= 0.6 is 0 Å². The zero-order valence-corrected chi connectivity index (χ0v) is 7.80. The molecule has 1 aliphatic rings. The Morgan fingerprint density at radius 3 is 2.71 bits per heavy atom. The molecule has 2 N–H and O–H groups in total. The standard InChI is InChI=1S/C11H12N3/c12-11-13-7-4-8-14(11)9-10-5-2-1-3-6-10/h1-8H,9H2,(H2,12,13). The third-order valence-electron chi connectivity index (χ3n) is 2.05. The van der Waals surface area contributed by atoms with Gasteiger partial charge in [-0.2, -0.15) is 0 Å². The number of hydrogen-bond acceptors (Lipinski definition) is 3. The van der Waals surface area contributed by atoms with Crippen LogP contribution in [0.4, 0.5) is 0 Å². The minimum atomic E-state index is 0.538. The Hall–Kier alpha value is -1.77. The number of benzene rings is 1. The second-order valence-corrected chi connectivity index (χ2v) is 3.09. The van der Waals surface area contributed by atoms with Crippen molar-refractivity contribution in [3.05, 3.63) is 54.7 Å². The van der Waals surface area contributed by atoms with Crippen LogP contribution in [0.5, 0.6) is 0 Å². The summed E-state index contributed by atoms with van der Waals surface area (Å²) in [5.74, 6) is 0.538. The molecule has 0 fully saturated rings. The van der Waals surface area contributed by atoms with Gasteiger partial charge in [0.1, 0.15) is 0 Å². The van der Waals surface area contributed by atoms with Gasteiger partial charge in [0.05, 0.1) is 6.54 Å². The average Bonchev–Trinajstić information content (AvgIpc) is 2.23. The molecule has 0 bridgehead atoms. The summed E-state index contributed by atoms with van der Waals surface area (Å²) in [6.07, 6.45) is 3.57. The lowest BCUT2D eigenvalue weighted by Crippen LogP contribution is -2.35. The molecule has 71 valence electrons. The highest BCUT2D eigenvalue weighted by Crippen LogP contribution is 2.08. The first-order chi connectivity index (χ1) is 6.86. The molecule has 1 aromatic carbocycles. The summed E-state index contributed by atoms with van der Waals surface area (Å²) in [7, 11) is 0. The fourth-order valence-electron chi connectivity index (χ4n) is 1.33. The van der Waals surface area contributed by atoms with E-state index in [9.17, 15) is 0 Å². The predicted molar refractivity (Wildman–Crippen MR) is 57.0 cm³/mol. The van der Waals surface area contributed by atoms with Crippen LogP contribution in [0.3, 0.4) is 0 Å². The Morgan fingerprint density at radius 1 is 1.21 bits per heavy atom. The second kappa shape index (κ2) is 3.96. The van der Waals surface area contributed by atoms with Crippen LogP contribution in [0.2, 0.25) is 0 Å². The van der Waals surface area contributed by atoms with Gasteiger partial charge in [-0.25, -0.2) is 4.99 Å². The molecule has 0 aromatic heterocycles. The van der Waals surface area contributed by atoms with Crippen molar-refractivity contribution < 1.29 is 0 Å². The second-order valence-electron chi connectivity index (χ2n) is 3.09. The third-order valence-corrected chi connectivity index (χ3v) is 2.05. The normalized spacial score (nSPS) is 15.4. The minimum absolute atomic E-state index is 0.538. The maximum atomic E-state index is 5.72. The van der Waals surface area contributed by atoms with Crippen molar-refractivity contribution in [2.75, 3.05) is 0 Å². The van der Waals surface area contributed by atoms with Gasteiger partial charge in [-0.15, -0.1) is 0 Å². The van der Waals surface area contributed by atoms with Crippen LogP contribution in [0.25, 0.3) is 0 Å². The van der Waals surface area contributed by atoms with Gasteiger partial charge in [-0.05, 0) is 11.6 Å². The lowest BCUT2D eigenvalue weighted by molar-refractivity contribution is 0.504. The molecule has 0 unspecified atom stereocenters. The number of nitrogens with zero attached hydrogens (tertiary/aromatic N) is 2. The van der Waals surface area contributed by atoms with Crippen molar-refractivity contribution in [3.8, 4) is 0 Å². The maximum Gasteiger partial charge on any atom is 0.196 e. The van der Waals surface area contributed by atoms with E-state index < -0.39 is 0 Å². The fraction of sp³-hybridized carbons (Fsp3) is 0.0909. The molecule has 0 aliphatic carbocycles. The first-order valence-electron chi connectivity index (χ1n) is 4.50. The van der Waals surface area contributed by atoms with E-state index in [1.807, 2.05) is 35.7 Å². The van der Waals surface area contributed by atoms with Crippen LogP contribution in [0.1, 0.15) is 5.56 Å². The van der Waals surface area contributed by atoms with Crippen LogP contribution in [-0.2, 0) is 6.54 Å². The van der Waals surface area contributed by atoms with Crippen molar-refractivity contribution in [1.82, 2.24) is 4.90 Å². The molecular weight excluding hydrogens is 174 g/mol. The van der Waals surface area contributed by atoms with Crippen molar-refractivity contribution in [1.29, 1.82) is 0 Å². The summed E-state index contributed by atoms with van der Waals surface area (Å²) >= 11 is 0. The Kier molecular flexibility index (Phi) is 2.49. The Balaban J connectivity index is 2.05. The number of aliphatic imine (C=N–C) groups is 1. The monoisotopic (exact) mass is 186 g/mol. The lowest BCUT2D eigenvalue weighted by Gasteiger charge is -2.23. The van der Waals surface area contributed by atoms with Crippen molar-refractivity contribution in [3.63, 3.8) is 0 Å². The van der Waals surface area contributed by atoms with Crippen LogP contribution in [0.15, 0.2) is 47.6 Å². The molecule has 3 heteroatoms. The molecule has 0 saturated heterocycles. The van der Waals surface area contributed by atoms with Crippen molar-refractivity contribution in [2.24, 2.45) is 10.7 Å². The summed E-state index contributed by atoms with van der Waals surface area (Å²) in [5, 5.41) is 0. The molecule has 0 saturated carbocycles. The smallest absolute Gasteiger partial charge is 0.196 e. The number of guanidine groups is 1. The molecule has 3 nitrogen and oxygen atoms in total. The lowest BCUT2D eigenvalue weighted by atomic mass is 10.2. The molecule has 14 heavy (non-hydrogen) atoms. The van der Waals surface area contributed by atoms with Crippen LogP contribution in [-0.4, -0.2) is 10.9 Å². The van der Waals surface area contributed by atoms with E-state index in [1.165, 1.54) is 5.56 Å². The third kappa shape index (κ3) is 1.93. The summed E-state index contributed by atoms with van der Waals surface area (Å²) in [6.45, 7) is 2.69. The van der Waals surface area contributed by atoms with Crippen molar-refractivity contribution >= 4 is 5.96 Å². The molecular formula is C11H12N3. The molecule has 0 amide bonds. The predicted octanol–water partition coefficient (Wildman–Crippen LogP) is 1.49. The Labute approximate surface area is 83.6 Å². The Bertz CT molecular complexity index is 354. The Morgan fingerprint density at radius 2 is 2.00 bits per heavy atom. The first-order valence-corrected chi connectivity index (χ1v) is 4.50. The number of rotatable bonds is 2. The van der Waals surface area contributed by atoms with Gasteiger partial charge in [0.15, 0.2) is 5.96 Å². The zero-order valence-electron chi connectivity index (χ0n) is 7.80. The fourth-order valence-corrected chi connectivity index (χ4v) is 1.33. The van der Waals surface area contributed by atoms with E-state index >= 15 is 0 Å². The molecule has 0 atom stereocenters. The summed E-state index contributed by atoms with van der Waals surface area (Å²) < 4.78 is 0. The topological polar surface area (TPSA) is 41.6 Å². The highest BCUT2D eigenvalue weighted by molar-refractivity contribution is 5.80. The van der Waals surface area contributed by atoms with E-state index in [1.54, 1.807) is 6.20 Å². The summed E-state index contributed by atoms with van der Waals surface area (Å²) in [6, 6.07) is 10.2. The first kappa shape index (κ1) is 8.81. The van der Waals surface area contributed by atoms with E-state index in [-0.39, 0.29) is 0 Å². The van der Waals surface area contributed by atoms with E-state index in [0.29, 0.717) is 5.96 Å². The highest BCUT2D eigenvalue weighted by Gasteiger charge is 2.09. The van der Waals surface area contributed by atoms with Crippen LogP contribution in [0, 0.1) is 6.54 Å². The molecule has 1 aliphatic heterocycles. The van der Waals surface area contributed by atoms with Gasteiger partial charge in [0.25, 0.3) is 0 Å². The molecule has 0 spiro atoms. The average molecular weight is 186 g/mol.